The van der Waals surface area contributed by atoms with E-state index in [0.29, 0.717) is 5.56 Å². The predicted octanol–water partition coefficient (Wildman–Crippen LogP) is 2.22. The van der Waals surface area contributed by atoms with Crippen molar-refractivity contribution in [2.45, 2.75) is 26.7 Å². The van der Waals surface area contributed by atoms with Gasteiger partial charge < -0.3 is 4.90 Å². The van der Waals surface area contributed by atoms with Crippen LogP contribution >= 0.6 is 0 Å². The van der Waals surface area contributed by atoms with Crippen LogP contribution < -0.4 is 4.90 Å². The lowest BCUT2D eigenvalue weighted by molar-refractivity contribution is 0.310. The van der Waals surface area contributed by atoms with Crippen molar-refractivity contribution >= 4 is 5.95 Å². The molecule has 4 heteroatoms. The van der Waals surface area contributed by atoms with Gasteiger partial charge in [0.2, 0.25) is 5.95 Å². The van der Waals surface area contributed by atoms with Crippen LogP contribution in [-0.2, 0) is 0 Å². The molecule has 2 rings (SSSR count). The molecule has 0 spiro atoms. The SMILES string of the molecule is CC(C)C1CCN(c2ncc(C#N)cn2)CC1. The highest BCUT2D eigenvalue weighted by Crippen LogP contribution is 2.25. The van der Waals surface area contributed by atoms with E-state index in [1.807, 2.05) is 6.07 Å². The lowest BCUT2D eigenvalue weighted by atomic mass is 9.87. The Labute approximate surface area is 102 Å². The summed E-state index contributed by atoms with van der Waals surface area (Å²) < 4.78 is 0. The van der Waals surface area contributed by atoms with Crippen LogP contribution in [0.4, 0.5) is 5.95 Å². The molecule has 2 heterocycles. The van der Waals surface area contributed by atoms with Crippen molar-refractivity contribution in [2.75, 3.05) is 18.0 Å². The fraction of sp³-hybridized carbons (Fsp3) is 0.615. The van der Waals surface area contributed by atoms with Gasteiger partial charge in [0.05, 0.1) is 18.0 Å². The quantitative estimate of drug-likeness (QED) is 0.781. The number of anilines is 1. The molecule has 1 aromatic heterocycles. The van der Waals surface area contributed by atoms with Gasteiger partial charge in [-0.1, -0.05) is 13.8 Å². The van der Waals surface area contributed by atoms with Crippen molar-refractivity contribution < 1.29 is 0 Å². The minimum absolute atomic E-state index is 0.519. The number of hydrogen-bond acceptors (Lipinski definition) is 4. The van der Waals surface area contributed by atoms with Crippen LogP contribution in [0.3, 0.4) is 0 Å². The summed E-state index contributed by atoms with van der Waals surface area (Å²) in [6, 6.07) is 2.04. The number of aromatic nitrogens is 2. The monoisotopic (exact) mass is 230 g/mol. The summed E-state index contributed by atoms with van der Waals surface area (Å²) in [7, 11) is 0. The standard InChI is InChI=1S/C13H18N4/c1-10(2)12-3-5-17(6-4-12)13-15-8-11(7-14)9-16-13/h8-10,12H,3-6H2,1-2H3. The zero-order chi connectivity index (χ0) is 12.3. The maximum atomic E-state index is 8.69. The Morgan fingerprint density at radius 2 is 1.88 bits per heavy atom. The fourth-order valence-corrected chi connectivity index (χ4v) is 2.31. The fourth-order valence-electron chi connectivity index (χ4n) is 2.31. The van der Waals surface area contributed by atoms with E-state index in [9.17, 15) is 0 Å². The Bertz CT molecular complexity index is 396. The maximum Gasteiger partial charge on any atom is 0.225 e. The zero-order valence-electron chi connectivity index (χ0n) is 10.4. The van der Waals surface area contributed by atoms with Crippen molar-refractivity contribution in [1.82, 2.24) is 9.97 Å². The molecule has 0 N–H and O–H groups in total. The van der Waals surface area contributed by atoms with E-state index < -0.39 is 0 Å². The summed E-state index contributed by atoms with van der Waals surface area (Å²) in [6.07, 6.45) is 5.61. The molecule has 0 amide bonds. The van der Waals surface area contributed by atoms with Gasteiger partial charge in [0, 0.05) is 13.1 Å². The van der Waals surface area contributed by atoms with Crippen LogP contribution in [0.5, 0.6) is 0 Å². The first kappa shape index (κ1) is 11.8. The molecule has 0 aliphatic carbocycles. The van der Waals surface area contributed by atoms with Gasteiger partial charge in [-0.05, 0) is 24.7 Å². The van der Waals surface area contributed by atoms with E-state index in [1.54, 1.807) is 12.4 Å². The number of rotatable bonds is 2. The molecule has 0 bridgehead atoms. The van der Waals surface area contributed by atoms with Crippen LogP contribution in [0.1, 0.15) is 32.3 Å². The van der Waals surface area contributed by atoms with Crippen molar-refractivity contribution in [3.63, 3.8) is 0 Å². The molecule has 0 saturated carbocycles. The second-order valence-corrected chi connectivity index (χ2v) is 4.95. The van der Waals surface area contributed by atoms with Gasteiger partial charge in [0.25, 0.3) is 0 Å². The summed E-state index contributed by atoms with van der Waals surface area (Å²) in [6.45, 7) is 6.63. The average Bonchev–Trinajstić information content (AvgIpc) is 2.39. The van der Waals surface area contributed by atoms with E-state index in [0.717, 1.165) is 30.9 Å². The minimum Gasteiger partial charge on any atom is -0.341 e. The maximum absolute atomic E-state index is 8.69. The van der Waals surface area contributed by atoms with Crippen LogP contribution in [0.2, 0.25) is 0 Å². The van der Waals surface area contributed by atoms with Crippen LogP contribution in [0.25, 0.3) is 0 Å². The van der Waals surface area contributed by atoms with Gasteiger partial charge in [-0.3, -0.25) is 0 Å². The lowest BCUT2D eigenvalue weighted by Gasteiger charge is -2.33. The molecule has 17 heavy (non-hydrogen) atoms. The Hall–Kier alpha value is -1.63. The molecule has 1 aliphatic rings. The molecule has 0 unspecified atom stereocenters. The first-order valence-corrected chi connectivity index (χ1v) is 6.18. The van der Waals surface area contributed by atoms with Gasteiger partial charge in [-0.25, -0.2) is 9.97 Å². The van der Waals surface area contributed by atoms with Gasteiger partial charge in [0.1, 0.15) is 6.07 Å². The molecule has 1 aromatic rings. The molecule has 0 radical (unpaired) electrons. The minimum atomic E-state index is 0.519. The average molecular weight is 230 g/mol. The van der Waals surface area contributed by atoms with Crippen molar-refractivity contribution in [3.8, 4) is 6.07 Å². The third-order valence-corrected chi connectivity index (χ3v) is 3.53. The lowest BCUT2D eigenvalue weighted by Crippen LogP contribution is -2.36. The Morgan fingerprint density at radius 3 is 2.35 bits per heavy atom. The summed E-state index contributed by atoms with van der Waals surface area (Å²) in [5.41, 5.74) is 0.519. The summed E-state index contributed by atoms with van der Waals surface area (Å²) in [5.74, 6) is 2.34. The Morgan fingerprint density at radius 1 is 1.29 bits per heavy atom. The molecular weight excluding hydrogens is 212 g/mol. The van der Waals surface area contributed by atoms with Gasteiger partial charge in [0.15, 0.2) is 0 Å². The number of nitrogens with zero attached hydrogens (tertiary/aromatic N) is 4. The van der Waals surface area contributed by atoms with E-state index in [4.69, 9.17) is 5.26 Å². The molecule has 4 nitrogen and oxygen atoms in total. The molecule has 1 fully saturated rings. The smallest absolute Gasteiger partial charge is 0.225 e. The molecule has 0 atom stereocenters. The Balaban J connectivity index is 1.98. The predicted molar refractivity (Wildman–Crippen MR) is 66.5 cm³/mol. The van der Waals surface area contributed by atoms with Crippen LogP contribution in [-0.4, -0.2) is 23.1 Å². The van der Waals surface area contributed by atoms with E-state index in [-0.39, 0.29) is 0 Å². The van der Waals surface area contributed by atoms with Gasteiger partial charge in [-0.2, -0.15) is 5.26 Å². The van der Waals surface area contributed by atoms with Crippen molar-refractivity contribution in [3.05, 3.63) is 18.0 Å². The third kappa shape index (κ3) is 2.73. The molecule has 90 valence electrons. The highest BCUT2D eigenvalue weighted by atomic mass is 15.2. The summed E-state index contributed by atoms with van der Waals surface area (Å²) in [5, 5.41) is 8.69. The topological polar surface area (TPSA) is 52.8 Å². The number of nitriles is 1. The highest BCUT2D eigenvalue weighted by Gasteiger charge is 2.22. The normalized spacial score (nSPS) is 17.2. The summed E-state index contributed by atoms with van der Waals surface area (Å²) in [4.78, 5) is 10.7. The second kappa shape index (κ2) is 5.13. The molecular formula is C13H18N4. The van der Waals surface area contributed by atoms with E-state index >= 15 is 0 Å². The largest absolute Gasteiger partial charge is 0.341 e. The highest BCUT2D eigenvalue weighted by molar-refractivity contribution is 5.33. The van der Waals surface area contributed by atoms with Gasteiger partial charge >= 0.3 is 0 Å². The second-order valence-electron chi connectivity index (χ2n) is 4.95. The van der Waals surface area contributed by atoms with Crippen molar-refractivity contribution in [2.24, 2.45) is 11.8 Å². The molecule has 1 aliphatic heterocycles. The first-order chi connectivity index (χ1) is 8.20. The van der Waals surface area contributed by atoms with Crippen LogP contribution in [0.15, 0.2) is 12.4 Å². The molecule has 0 aromatic carbocycles. The zero-order valence-corrected chi connectivity index (χ0v) is 10.4. The summed E-state index contributed by atoms with van der Waals surface area (Å²) >= 11 is 0. The first-order valence-electron chi connectivity index (χ1n) is 6.18. The third-order valence-electron chi connectivity index (χ3n) is 3.53. The van der Waals surface area contributed by atoms with E-state index in [2.05, 4.69) is 28.7 Å². The van der Waals surface area contributed by atoms with Crippen LogP contribution in [0, 0.1) is 23.2 Å². The molecule has 1 saturated heterocycles. The number of piperidine rings is 1. The van der Waals surface area contributed by atoms with E-state index in [1.165, 1.54) is 12.8 Å². The number of hydrogen-bond donors (Lipinski definition) is 0. The Kier molecular flexibility index (Phi) is 3.58. The van der Waals surface area contributed by atoms with Gasteiger partial charge in [-0.15, -0.1) is 0 Å². The van der Waals surface area contributed by atoms with Crippen molar-refractivity contribution in [1.29, 1.82) is 5.26 Å².